The van der Waals surface area contributed by atoms with Gasteiger partial charge in [-0.2, -0.15) is 0 Å². The van der Waals surface area contributed by atoms with Gasteiger partial charge in [-0.15, -0.1) is 0 Å². The fourth-order valence-corrected chi connectivity index (χ4v) is 2.35. The molecule has 0 aliphatic carbocycles. The summed E-state index contributed by atoms with van der Waals surface area (Å²) in [6.45, 7) is 0. The highest BCUT2D eigenvalue weighted by Crippen LogP contribution is 2.25. The Labute approximate surface area is 137 Å². The molecule has 0 bridgehead atoms. The molecule has 0 saturated carbocycles. The van der Waals surface area contributed by atoms with Crippen molar-refractivity contribution >= 4 is 45.8 Å². The third kappa shape index (κ3) is 3.32. The second-order valence-corrected chi connectivity index (χ2v) is 5.47. The summed E-state index contributed by atoms with van der Waals surface area (Å²) >= 11 is 11.7. The molecule has 0 radical (unpaired) electrons. The fraction of sp³-hybridized carbons (Fsp3) is 0. The van der Waals surface area contributed by atoms with Gasteiger partial charge >= 0.3 is 6.09 Å². The van der Waals surface area contributed by atoms with Gasteiger partial charge in [0, 0.05) is 5.69 Å². The number of amides is 1. The minimum atomic E-state index is -0.589. The topological polar surface area (TPSA) is 38.3 Å². The molecule has 0 aliphatic heterocycles. The highest BCUT2D eigenvalue weighted by molar-refractivity contribution is 6.42. The molecule has 0 heterocycles. The van der Waals surface area contributed by atoms with E-state index in [4.69, 9.17) is 27.9 Å². The zero-order valence-corrected chi connectivity index (χ0v) is 12.9. The molecule has 5 heteroatoms. The van der Waals surface area contributed by atoms with Crippen molar-refractivity contribution in [3.8, 4) is 5.75 Å². The number of ether oxygens (including phenoxy) is 1. The SMILES string of the molecule is O=C(Nc1ccc(Cl)c(Cl)c1)Oc1ccc2ccccc2c1. The Morgan fingerprint density at radius 3 is 2.41 bits per heavy atom. The molecule has 110 valence electrons. The summed E-state index contributed by atoms with van der Waals surface area (Å²) in [5.74, 6) is 0.469. The van der Waals surface area contributed by atoms with Gasteiger partial charge in [-0.05, 0) is 41.1 Å². The third-order valence-electron chi connectivity index (χ3n) is 3.10. The first kappa shape index (κ1) is 14.7. The molecule has 3 rings (SSSR count). The van der Waals surface area contributed by atoms with Crippen LogP contribution in [0.2, 0.25) is 10.0 Å². The summed E-state index contributed by atoms with van der Waals surface area (Å²) in [6.07, 6.45) is -0.589. The van der Waals surface area contributed by atoms with Gasteiger partial charge in [0.25, 0.3) is 0 Å². The van der Waals surface area contributed by atoms with E-state index in [0.29, 0.717) is 21.5 Å². The van der Waals surface area contributed by atoms with Gasteiger partial charge in [-0.25, -0.2) is 4.79 Å². The van der Waals surface area contributed by atoms with Crippen molar-refractivity contribution in [3.63, 3.8) is 0 Å². The number of rotatable bonds is 2. The summed E-state index contributed by atoms with van der Waals surface area (Å²) < 4.78 is 5.27. The molecule has 0 aromatic heterocycles. The number of carbonyl (C=O) groups excluding carboxylic acids is 1. The minimum absolute atomic E-state index is 0.366. The van der Waals surface area contributed by atoms with E-state index in [-0.39, 0.29) is 0 Å². The van der Waals surface area contributed by atoms with Crippen LogP contribution in [0.4, 0.5) is 10.5 Å². The number of nitrogens with one attached hydrogen (secondary N) is 1. The average Bonchev–Trinajstić information content (AvgIpc) is 2.51. The number of hydrogen-bond donors (Lipinski definition) is 1. The van der Waals surface area contributed by atoms with E-state index in [1.54, 1.807) is 24.3 Å². The molecule has 3 nitrogen and oxygen atoms in total. The molecular formula is C17H11Cl2NO2. The maximum atomic E-state index is 11.9. The van der Waals surface area contributed by atoms with Gasteiger partial charge in [0.2, 0.25) is 0 Å². The monoisotopic (exact) mass is 331 g/mol. The zero-order chi connectivity index (χ0) is 15.5. The lowest BCUT2D eigenvalue weighted by atomic mass is 10.1. The second-order valence-electron chi connectivity index (χ2n) is 4.65. The Bertz CT molecular complexity index is 849. The number of benzene rings is 3. The standard InChI is InChI=1S/C17H11Cl2NO2/c18-15-8-6-13(10-16(15)19)20-17(21)22-14-7-5-11-3-1-2-4-12(11)9-14/h1-10H,(H,20,21). The van der Waals surface area contributed by atoms with E-state index in [2.05, 4.69) is 5.32 Å². The first-order chi connectivity index (χ1) is 10.6. The molecule has 3 aromatic rings. The van der Waals surface area contributed by atoms with E-state index >= 15 is 0 Å². The van der Waals surface area contributed by atoms with Gasteiger partial charge in [-0.3, -0.25) is 5.32 Å². The summed E-state index contributed by atoms with van der Waals surface area (Å²) in [5, 5.41) is 5.48. The smallest absolute Gasteiger partial charge is 0.410 e. The lowest BCUT2D eigenvalue weighted by Crippen LogP contribution is -2.16. The molecule has 0 saturated heterocycles. The molecule has 0 atom stereocenters. The summed E-state index contributed by atoms with van der Waals surface area (Å²) in [4.78, 5) is 11.9. The normalized spacial score (nSPS) is 10.5. The summed E-state index contributed by atoms with van der Waals surface area (Å²) in [5.41, 5.74) is 0.514. The van der Waals surface area contributed by atoms with Crippen LogP contribution in [0.25, 0.3) is 10.8 Å². The Kier molecular flexibility index (Phi) is 4.18. The van der Waals surface area contributed by atoms with Gasteiger partial charge in [0.1, 0.15) is 5.75 Å². The highest BCUT2D eigenvalue weighted by atomic mass is 35.5. The molecule has 0 fully saturated rings. The minimum Gasteiger partial charge on any atom is -0.410 e. The van der Waals surface area contributed by atoms with Crippen LogP contribution >= 0.6 is 23.2 Å². The first-order valence-corrected chi connectivity index (χ1v) is 7.30. The van der Waals surface area contributed by atoms with Crippen molar-refractivity contribution in [1.29, 1.82) is 0 Å². The van der Waals surface area contributed by atoms with E-state index < -0.39 is 6.09 Å². The summed E-state index contributed by atoms with van der Waals surface area (Å²) in [6, 6.07) is 18.1. The molecule has 1 amide bonds. The van der Waals surface area contributed by atoms with Crippen molar-refractivity contribution in [1.82, 2.24) is 0 Å². The maximum Gasteiger partial charge on any atom is 0.417 e. The van der Waals surface area contributed by atoms with E-state index in [1.807, 2.05) is 36.4 Å². The maximum absolute atomic E-state index is 11.9. The van der Waals surface area contributed by atoms with E-state index in [9.17, 15) is 4.79 Å². The number of fused-ring (bicyclic) bond motifs is 1. The van der Waals surface area contributed by atoms with Crippen molar-refractivity contribution in [2.45, 2.75) is 0 Å². The van der Waals surface area contributed by atoms with Gasteiger partial charge in [0.05, 0.1) is 10.0 Å². The van der Waals surface area contributed by atoms with Crippen molar-refractivity contribution in [2.24, 2.45) is 0 Å². The zero-order valence-electron chi connectivity index (χ0n) is 11.3. The predicted octanol–water partition coefficient (Wildman–Crippen LogP) is 5.76. The van der Waals surface area contributed by atoms with Gasteiger partial charge in [-0.1, -0.05) is 53.5 Å². The number of halogens is 2. The van der Waals surface area contributed by atoms with Crippen LogP contribution < -0.4 is 10.1 Å². The summed E-state index contributed by atoms with van der Waals surface area (Å²) in [7, 11) is 0. The molecular weight excluding hydrogens is 321 g/mol. The Hall–Kier alpha value is -2.23. The number of hydrogen-bond acceptors (Lipinski definition) is 2. The van der Waals surface area contributed by atoms with Crippen molar-refractivity contribution in [2.75, 3.05) is 5.32 Å². The van der Waals surface area contributed by atoms with Crippen LogP contribution in [-0.4, -0.2) is 6.09 Å². The van der Waals surface area contributed by atoms with Crippen LogP contribution in [0.3, 0.4) is 0 Å². The average molecular weight is 332 g/mol. The second kappa shape index (κ2) is 6.26. The molecule has 22 heavy (non-hydrogen) atoms. The van der Waals surface area contributed by atoms with Crippen LogP contribution in [0.5, 0.6) is 5.75 Å². The molecule has 3 aromatic carbocycles. The molecule has 0 spiro atoms. The van der Waals surface area contributed by atoms with Crippen molar-refractivity contribution in [3.05, 3.63) is 70.7 Å². The lowest BCUT2D eigenvalue weighted by molar-refractivity contribution is 0.215. The number of anilines is 1. The van der Waals surface area contributed by atoms with Crippen LogP contribution in [0, 0.1) is 0 Å². The number of carbonyl (C=O) groups is 1. The van der Waals surface area contributed by atoms with Crippen LogP contribution in [0.1, 0.15) is 0 Å². The third-order valence-corrected chi connectivity index (χ3v) is 3.84. The predicted molar refractivity (Wildman–Crippen MR) is 90.1 cm³/mol. The fourth-order valence-electron chi connectivity index (χ4n) is 2.06. The van der Waals surface area contributed by atoms with Crippen LogP contribution in [-0.2, 0) is 0 Å². The lowest BCUT2D eigenvalue weighted by Gasteiger charge is -2.08. The highest BCUT2D eigenvalue weighted by Gasteiger charge is 2.07. The van der Waals surface area contributed by atoms with Crippen molar-refractivity contribution < 1.29 is 9.53 Å². The first-order valence-electron chi connectivity index (χ1n) is 6.54. The Morgan fingerprint density at radius 1 is 0.864 bits per heavy atom. The van der Waals surface area contributed by atoms with E-state index in [1.165, 1.54) is 0 Å². The molecule has 0 unspecified atom stereocenters. The van der Waals surface area contributed by atoms with Gasteiger partial charge in [0.15, 0.2) is 0 Å². The Balaban J connectivity index is 1.73. The quantitative estimate of drug-likeness (QED) is 0.648. The molecule has 0 aliphatic rings. The van der Waals surface area contributed by atoms with E-state index in [0.717, 1.165) is 10.8 Å². The van der Waals surface area contributed by atoms with Gasteiger partial charge < -0.3 is 4.74 Å². The molecule has 1 N–H and O–H groups in total. The Morgan fingerprint density at radius 2 is 1.64 bits per heavy atom. The van der Waals surface area contributed by atoms with Crippen LogP contribution in [0.15, 0.2) is 60.7 Å². The largest absolute Gasteiger partial charge is 0.417 e.